The van der Waals surface area contributed by atoms with Gasteiger partial charge in [0.2, 0.25) is 5.91 Å². The SMILES string of the molecule is CP(C)(=O)C(F)C(=O)O. The maximum atomic E-state index is 12.2. The van der Waals surface area contributed by atoms with Crippen LogP contribution in [0.15, 0.2) is 0 Å². The second-order valence-corrected chi connectivity index (χ2v) is 5.43. The molecule has 0 fully saturated rings. The van der Waals surface area contributed by atoms with E-state index in [0.717, 1.165) is 13.3 Å². The molecule has 1 atom stereocenters. The minimum Gasteiger partial charge on any atom is -0.479 e. The molecule has 0 aliphatic carbocycles. The molecule has 0 heterocycles. The zero-order chi connectivity index (χ0) is 7.65. The highest BCUT2D eigenvalue weighted by Gasteiger charge is 2.29. The van der Waals surface area contributed by atoms with E-state index in [2.05, 4.69) is 0 Å². The monoisotopic (exact) mass is 154 g/mol. The number of alkyl halides is 1. The molecule has 0 amide bonds. The Bertz CT molecular complexity index is 161. The van der Waals surface area contributed by atoms with E-state index in [1.165, 1.54) is 0 Å². The van der Waals surface area contributed by atoms with Crippen molar-refractivity contribution in [2.45, 2.75) is 5.91 Å². The van der Waals surface area contributed by atoms with Crippen LogP contribution in [0.4, 0.5) is 4.39 Å². The summed E-state index contributed by atoms with van der Waals surface area (Å²) in [5, 5.41) is 7.97. The van der Waals surface area contributed by atoms with Crippen molar-refractivity contribution >= 4 is 13.1 Å². The number of rotatable bonds is 2. The topological polar surface area (TPSA) is 54.4 Å². The van der Waals surface area contributed by atoms with Crippen LogP contribution < -0.4 is 0 Å². The highest BCUT2D eigenvalue weighted by molar-refractivity contribution is 7.63. The van der Waals surface area contributed by atoms with Crippen molar-refractivity contribution in [2.75, 3.05) is 13.3 Å². The number of carbonyl (C=O) groups is 1. The van der Waals surface area contributed by atoms with E-state index in [9.17, 15) is 13.8 Å². The molecular formula is C4H8FO3P. The molecule has 0 aliphatic rings. The summed E-state index contributed by atoms with van der Waals surface area (Å²) in [4.78, 5) is 9.80. The van der Waals surface area contributed by atoms with Crippen LogP contribution in [-0.2, 0) is 9.36 Å². The van der Waals surface area contributed by atoms with Gasteiger partial charge in [0.15, 0.2) is 0 Å². The van der Waals surface area contributed by atoms with Gasteiger partial charge in [-0.15, -0.1) is 0 Å². The van der Waals surface area contributed by atoms with E-state index in [4.69, 9.17) is 5.11 Å². The highest BCUT2D eigenvalue weighted by Crippen LogP contribution is 2.43. The molecule has 0 rings (SSSR count). The highest BCUT2D eigenvalue weighted by atomic mass is 31.2. The summed E-state index contributed by atoms with van der Waals surface area (Å²) in [5.74, 6) is -3.86. The minimum atomic E-state index is -3.08. The summed E-state index contributed by atoms with van der Waals surface area (Å²) in [6.45, 7) is 2.21. The van der Waals surface area contributed by atoms with Gasteiger partial charge in [-0.05, 0) is 13.3 Å². The third kappa shape index (κ3) is 2.61. The zero-order valence-electron chi connectivity index (χ0n) is 5.17. The molecule has 3 nitrogen and oxygen atoms in total. The fraction of sp³-hybridized carbons (Fsp3) is 0.750. The summed E-state index contributed by atoms with van der Waals surface area (Å²) in [7, 11) is -3.08. The van der Waals surface area contributed by atoms with Gasteiger partial charge in [0, 0.05) is 0 Å². The van der Waals surface area contributed by atoms with E-state index < -0.39 is 19.0 Å². The lowest BCUT2D eigenvalue weighted by atomic mass is 10.8. The molecular weight excluding hydrogens is 146 g/mol. The maximum absolute atomic E-state index is 12.2. The van der Waals surface area contributed by atoms with Crippen molar-refractivity contribution in [2.24, 2.45) is 0 Å². The van der Waals surface area contributed by atoms with Crippen LogP contribution in [0.2, 0.25) is 0 Å². The first-order valence-corrected chi connectivity index (χ1v) is 4.94. The first-order chi connectivity index (χ1) is 3.85. The third-order valence-corrected chi connectivity index (χ3v) is 2.06. The largest absolute Gasteiger partial charge is 0.479 e. The van der Waals surface area contributed by atoms with Crippen LogP contribution in [0.25, 0.3) is 0 Å². The molecule has 0 radical (unpaired) electrons. The molecule has 54 valence electrons. The van der Waals surface area contributed by atoms with Crippen molar-refractivity contribution < 1.29 is 18.9 Å². The predicted octanol–water partition coefficient (Wildman–Crippen LogP) is 0.989. The second kappa shape index (κ2) is 2.48. The molecule has 0 bridgehead atoms. The minimum absolute atomic E-state index is 1.10. The van der Waals surface area contributed by atoms with Crippen LogP contribution >= 0.6 is 7.14 Å². The van der Waals surface area contributed by atoms with Crippen LogP contribution in [0.3, 0.4) is 0 Å². The van der Waals surface area contributed by atoms with Crippen molar-refractivity contribution in [3.8, 4) is 0 Å². The number of carboxylic acids is 1. The van der Waals surface area contributed by atoms with Gasteiger partial charge in [0.25, 0.3) is 0 Å². The Morgan fingerprint density at radius 3 is 2.00 bits per heavy atom. The fourth-order valence-electron chi connectivity index (χ4n) is 0.266. The lowest BCUT2D eigenvalue weighted by Crippen LogP contribution is -2.13. The van der Waals surface area contributed by atoms with E-state index in [0.29, 0.717) is 0 Å². The number of aliphatic carboxylic acids is 1. The van der Waals surface area contributed by atoms with Crippen LogP contribution in [0, 0.1) is 0 Å². The lowest BCUT2D eigenvalue weighted by Gasteiger charge is -2.06. The standard InChI is InChI=1S/C4H8FO3P/c1-9(2,8)3(5)4(6)7/h3H,1-2H3,(H,6,7). The van der Waals surface area contributed by atoms with Crippen molar-refractivity contribution in [1.82, 2.24) is 0 Å². The van der Waals surface area contributed by atoms with Crippen LogP contribution in [0.5, 0.6) is 0 Å². The second-order valence-electron chi connectivity index (χ2n) is 2.11. The first-order valence-electron chi connectivity index (χ1n) is 2.27. The van der Waals surface area contributed by atoms with Crippen molar-refractivity contribution in [1.29, 1.82) is 0 Å². The molecule has 0 spiro atoms. The van der Waals surface area contributed by atoms with Crippen LogP contribution in [0.1, 0.15) is 0 Å². The number of carboxylic acid groups (broad SMARTS) is 1. The molecule has 0 aromatic carbocycles. The average Bonchev–Trinajstić information content (AvgIpc) is 1.62. The Kier molecular flexibility index (Phi) is 2.38. The first kappa shape index (κ1) is 8.63. The van der Waals surface area contributed by atoms with Gasteiger partial charge in [-0.25, -0.2) is 9.18 Å². The quantitative estimate of drug-likeness (QED) is 0.603. The fourth-order valence-corrected chi connectivity index (χ4v) is 0.798. The van der Waals surface area contributed by atoms with E-state index >= 15 is 0 Å². The maximum Gasteiger partial charge on any atom is 0.346 e. The van der Waals surface area contributed by atoms with Gasteiger partial charge >= 0.3 is 5.97 Å². The van der Waals surface area contributed by atoms with E-state index in [1.807, 2.05) is 0 Å². The summed E-state index contributed by atoms with van der Waals surface area (Å²) in [6.07, 6.45) is 0. The molecule has 1 N–H and O–H groups in total. The Labute approximate surface area is 52.2 Å². The number of halogens is 1. The van der Waals surface area contributed by atoms with Crippen molar-refractivity contribution in [3.63, 3.8) is 0 Å². The third-order valence-electron chi connectivity index (χ3n) is 0.750. The summed E-state index contributed by atoms with van der Waals surface area (Å²) < 4.78 is 22.8. The summed E-state index contributed by atoms with van der Waals surface area (Å²) in [5.41, 5.74) is 0. The molecule has 9 heavy (non-hydrogen) atoms. The van der Waals surface area contributed by atoms with Gasteiger partial charge in [-0.1, -0.05) is 0 Å². The number of hydrogen-bond acceptors (Lipinski definition) is 2. The Hall–Kier alpha value is -0.370. The smallest absolute Gasteiger partial charge is 0.346 e. The average molecular weight is 154 g/mol. The van der Waals surface area contributed by atoms with Gasteiger partial charge in [-0.3, -0.25) is 0 Å². The van der Waals surface area contributed by atoms with Gasteiger partial charge in [0.05, 0.1) is 0 Å². The molecule has 1 unspecified atom stereocenters. The van der Waals surface area contributed by atoms with E-state index in [-0.39, 0.29) is 0 Å². The van der Waals surface area contributed by atoms with Crippen molar-refractivity contribution in [3.05, 3.63) is 0 Å². The Morgan fingerprint density at radius 2 is 2.00 bits per heavy atom. The molecule has 0 aromatic rings. The van der Waals surface area contributed by atoms with Crippen LogP contribution in [-0.4, -0.2) is 30.3 Å². The van der Waals surface area contributed by atoms with Gasteiger partial charge in [0.1, 0.15) is 7.14 Å². The Morgan fingerprint density at radius 1 is 1.67 bits per heavy atom. The molecule has 0 saturated heterocycles. The Balaban J connectivity index is 4.23. The van der Waals surface area contributed by atoms with E-state index in [1.54, 1.807) is 0 Å². The number of hydrogen-bond donors (Lipinski definition) is 1. The van der Waals surface area contributed by atoms with Gasteiger partial charge < -0.3 is 9.67 Å². The molecule has 5 heteroatoms. The molecule has 0 aromatic heterocycles. The normalized spacial score (nSPS) is 15.0. The molecule has 0 saturated carbocycles. The molecule has 0 aliphatic heterocycles. The zero-order valence-corrected chi connectivity index (χ0v) is 6.06. The summed E-state index contributed by atoms with van der Waals surface area (Å²) >= 11 is 0. The van der Waals surface area contributed by atoms with Gasteiger partial charge in [-0.2, -0.15) is 0 Å². The lowest BCUT2D eigenvalue weighted by molar-refractivity contribution is -0.139. The predicted molar refractivity (Wildman–Crippen MR) is 32.0 cm³/mol. The summed E-state index contributed by atoms with van der Waals surface area (Å²) in [6, 6.07) is 0.